The Morgan fingerprint density at radius 3 is 2.25 bits per heavy atom. The quantitative estimate of drug-likeness (QED) is 0.534. The van der Waals surface area contributed by atoms with Crippen LogP contribution >= 0.6 is 0 Å². The van der Waals surface area contributed by atoms with E-state index in [0.717, 1.165) is 11.8 Å². The van der Waals surface area contributed by atoms with Gasteiger partial charge in [-0.15, -0.1) is 0 Å². The van der Waals surface area contributed by atoms with Gasteiger partial charge in [0.15, 0.2) is 0 Å². The molecule has 0 aliphatic carbocycles. The zero-order chi connectivity index (χ0) is 8.48. The van der Waals surface area contributed by atoms with E-state index in [9.17, 15) is 0 Å². The molecule has 0 aromatic carbocycles. The van der Waals surface area contributed by atoms with Crippen LogP contribution in [0.4, 0.5) is 0 Å². The van der Waals surface area contributed by atoms with Crippen molar-refractivity contribution in [3.05, 3.63) is 0 Å². The summed E-state index contributed by atoms with van der Waals surface area (Å²) in [6, 6.07) is 0. The molecule has 12 heavy (non-hydrogen) atoms. The highest BCUT2D eigenvalue weighted by atomic mass is 15.3. The standard InChI is InChI=1S/C10H22N.CH4/c1-5-10-6-9(2)7-11(3,4)8-10;/h9-10H,5-8H2,1-4H3;1H4/q+1;. The largest absolute Gasteiger partial charge is 0.328 e. The van der Waals surface area contributed by atoms with Crippen molar-refractivity contribution in [1.29, 1.82) is 0 Å². The Morgan fingerprint density at radius 1 is 1.25 bits per heavy atom. The van der Waals surface area contributed by atoms with Crippen molar-refractivity contribution in [2.45, 2.75) is 34.1 Å². The van der Waals surface area contributed by atoms with E-state index < -0.39 is 0 Å². The maximum Gasteiger partial charge on any atom is 0.0811 e. The zero-order valence-corrected chi connectivity index (χ0v) is 8.43. The lowest BCUT2D eigenvalue weighted by molar-refractivity contribution is -0.902. The second-order valence-electron chi connectivity index (χ2n) is 4.92. The van der Waals surface area contributed by atoms with Gasteiger partial charge in [0.25, 0.3) is 0 Å². The SMILES string of the molecule is C.CCC1CC(C)C[N+](C)(C)C1. The lowest BCUT2D eigenvalue weighted by atomic mass is 9.88. The first-order valence-electron chi connectivity index (χ1n) is 4.85. The van der Waals surface area contributed by atoms with E-state index in [4.69, 9.17) is 0 Å². The zero-order valence-electron chi connectivity index (χ0n) is 8.43. The Hall–Kier alpha value is -0.0400. The van der Waals surface area contributed by atoms with Crippen LogP contribution in [0.15, 0.2) is 0 Å². The molecule has 0 spiro atoms. The van der Waals surface area contributed by atoms with Gasteiger partial charge in [0.2, 0.25) is 0 Å². The summed E-state index contributed by atoms with van der Waals surface area (Å²) >= 11 is 0. The Balaban J connectivity index is 0.00000121. The van der Waals surface area contributed by atoms with Crippen LogP contribution in [0.2, 0.25) is 0 Å². The van der Waals surface area contributed by atoms with Gasteiger partial charge in [0, 0.05) is 11.8 Å². The minimum Gasteiger partial charge on any atom is -0.328 e. The first kappa shape index (κ1) is 12.0. The lowest BCUT2D eigenvalue weighted by Gasteiger charge is -2.40. The third-order valence-electron chi connectivity index (χ3n) is 2.87. The van der Waals surface area contributed by atoms with E-state index in [1.54, 1.807) is 0 Å². The Morgan fingerprint density at radius 2 is 1.83 bits per heavy atom. The molecule has 1 fully saturated rings. The Labute approximate surface area is 78.4 Å². The molecule has 2 unspecified atom stereocenters. The van der Waals surface area contributed by atoms with Crippen LogP contribution in [0, 0.1) is 11.8 Å². The Kier molecular flexibility index (Phi) is 4.25. The number of likely N-dealkylation sites (tertiary alicyclic amines) is 1. The maximum absolute atomic E-state index is 2.39. The number of hydrogen-bond acceptors (Lipinski definition) is 0. The summed E-state index contributed by atoms with van der Waals surface area (Å²) in [4.78, 5) is 0. The summed E-state index contributed by atoms with van der Waals surface area (Å²) in [5.41, 5.74) is 0. The van der Waals surface area contributed by atoms with Gasteiger partial charge >= 0.3 is 0 Å². The van der Waals surface area contributed by atoms with Crippen molar-refractivity contribution in [1.82, 2.24) is 0 Å². The molecule has 0 aromatic rings. The van der Waals surface area contributed by atoms with Gasteiger partial charge in [-0.25, -0.2) is 0 Å². The van der Waals surface area contributed by atoms with E-state index in [1.807, 2.05) is 0 Å². The second-order valence-corrected chi connectivity index (χ2v) is 4.92. The van der Waals surface area contributed by atoms with Crippen molar-refractivity contribution in [3.8, 4) is 0 Å². The van der Waals surface area contributed by atoms with E-state index >= 15 is 0 Å². The average Bonchev–Trinajstić information content (AvgIpc) is 1.83. The molecule has 0 aromatic heterocycles. The number of rotatable bonds is 1. The first-order chi connectivity index (χ1) is 5.03. The molecule has 2 atom stereocenters. The summed E-state index contributed by atoms with van der Waals surface area (Å²) in [5.74, 6) is 1.91. The summed E-state index contributed by atoms with van der Waals surface area (Å²) in [6.07, 6.45) is 2.82. The maximum atomic E-state index is 2.39. The molecule has 1 heteroatoms. The van der Waals surface area contributed by atoms with Crippen LogP contribution in [0.1, 0.15) is 34.1 Å². The van der Waals surface area contributed by atoms with Crippen molar-refractivity contribution >= 4 is 0 Å². The molecule has 1 aliphatic heterocycles. The fourth-order valence-corrected chi connectivity index (χ4v) is 2.63. The molecule has 74 valence electrons. The van der Waals surface area contributed by atoms with Crippen molar-refractivity contribution in [3.63, 3.8) is 0 Å². The summed E-state index contributed by atoms with van der Waals surface area (Å²) < 4.78 is 1.24. The molecular formula is C11H26N+. The van der Waals surface area contributed by atoms with Gasteiger partial charge in [-0.2, -0.15) is 0 Å². The molecule has 1 rings (SSSR count). The minimum absolute atomic E-state index is 0. The molecule has 0 amide bonds. The number of hydrogen-bond donors (Lipinski definition) is 0. The molecule has 1 nitrogen and oxygen atoms in total. The topological polar surface area (TPSA) is 0 Å². The summed E-state index contributed by atoms with van der Waals surface area (Å²) in [5, 5.41) is 0. The summed E-state index contributed by atoms with van der Waals surface area (Å²) in [7, 11) is 4.72. The predicted octanol–water partition coefficient (Wildman–Crippen LogP) is 2.76. The molecule has 1 aliphatic rings. The van der Waals surface area contributed by atoms with E-state index in [-0.39, 0.29) is 7.43 Å². The highest BCUT2D eigenvalue weighted by Gasteiger charge is 2.30. The van der Waals surface area contributed by atoms with Crippen molar-refractivity contribution in [2.24, 2.45) is 11.8 Å². The molecule has 0 bridgehead atoms. The van der Waals surface area contributed by atoms with E-state index in [2.05, 4.69) is 27.9 Å². The van der Waals surface area contributed by atoms with Crippen LogP contribution < -0.4 is 0 Å². The van der Waals surface area contributed by atoms with Crippen LogP contribution in [0.5, 0.6) is 0 Å². The van der Waals surface area contributed by atoms with Crippen LogP contribution in [-0.2, 0) is 0 Å². The minimum atomic E-state index is 0. The fraction of sp³-hybridized carbons (Fsp3) is 1.00. The summed E-state index contributed by atoms with van der Waals surface area (Å²) in [6.45, 7) is 7.47. The monoisotopic (exact) mass is 172 g/mol. The van der Waals surface area contributed by atoms with Crippen molar-refractivity contribution in [2.75, 3.05) is 27.2 Å². The molecular weight excluding hydrogens is 146 g/mol. The average molecular weight is 172 g/mol. The molecule has 0 N–H and O–H groups in total. The van der Waals surface area contributed by atoms with Gasteiger partial charge < -0.3 is 4.48 Å². The number of nitrogens with zero attached hydrogens (tertiary/aromatic N) is 1. The van der Waals surface area contributed by atoms with Gasteiger partial charge in [0.05, 0.1) is 27.2 Å². The third kappa shape index (κ3) is 3.14. The third-order valence-corrected chi connectivity index (χ3v) is 2.87. The molecule has 0 radical (unpaired) electrons. The van der Waals surface area contributed by atoms with E-state index in [1.165, 1.54) is 30.4 Å². The van der Waals surface area contributed by atoms with Crippen LogP contribution in [-0.4, -0.2) is 31.7 Å². The molecule has 0 saturated carbocycles. The van der Waals surface area contributed by atoms with Crippen molar-refractivity contribution < 1.29 is 4.48 Å². The smallest absolute Gasteiger partial charge is 0.0811 e. The lowest BCUT2D eigenvalue weighted by Crippen LogP contribution is -2.50. The van der Waals surface area contributed by atoms with Gasteiger partial charge in [-0.1, -0.05) is 21.3 Å². The first-order valence-corrected chi connectivity index (χ1v) is 4.85. The van der Waals surface area contributed by atoms with Gasteiger partial charge in [-0.3, -0.25) is 0 Å². The Bertz CT molecular complexity index is 129. The normalized spacial score (nSPS) is 34.0. The highest BCUT2D eigenvalue weighted by Crippen LogP contribution is 2.26. The predicted molar refractivity (Wildman–Crippen MR) is 56.1 cm³/mol. The highest BCUT2D eigenvalue weighted by molar-refractivity contribution is 4.66. The molecule has 1 saturated heterocycles. The molecule has 1 heterocycles. The van der Waals surface area contributed by atoms with Crippen LogP contribution in [0.3, 0.4) is 0 Å². The number of piperidine rings is 1. The van der Waals surface area contributed by atoms with Gasteiger partial charge in [0.1, 0.15) is 0 Å². The van der Waals surface area contributed by atoms with Gasteiger partial charge in [-0.05, 0) is 12.8 Å². The second kappa shape index (κ2) is 4.27. The number of quaternary nitrogens is 1. The van der Waals surface area contributed by atoms with E-state index in [0.29, 0.717) is 0 Å². The van der Waals surface area contributed by atoms with Crippen LogP contribution in [0.25, 0.3) is 0 Å². The fourth-order valence-electron chi connectivity index (χ4n) is 2.63.